The molecule has 2 heterocycles. The monoisotopic (exact) mass is 284 g/mol. The average molecular weight is 285 g/mol. The highest BCUT2D eigenvalue weighted by molar-refractivity contribution is 9.10. The molecule has 0 unspecified atom stereocenters. The molecule has 2 nitrogen and oxygen atoms in total. The van der Waals surface area contributed by atoms with Crippen LogP contribution in [0.4, 0.5) is 0 Å². The Labute approximate surface area is 107 Å². The van der Waals surface area contributed by atoms with E-state index in [2.05, 4.69) is 38.0 Å². The van der Waals surface area contributed by atoms with Gasteiger partial charge < -0.3 is 0 Å². The van der Waals surface area contributed by atoms with Gasteiger partial charge in [-0.2, -0.15) is 0 Å². The summed E-state index contributed by atoms with van der Waals surface area (Å²) in [7, 11) is 0. The van der Waals surface area contributed by atoms with Crippen LogP contribution in [0, 0.1) is 0 Å². The normalized spacial score (nSPS) is 10.6. The highest BCUT2D eigenvalue weighted by atomic mass is 79.9. The molecule has 0 saturated heterocycles. The highest BCUT2D eigenvalue weighted by Gasteiger charge is 2.04. The average Bonchev–Trinajstić information content (AvgIpc) is 2.38. The topological polar surface area (TPSA) is 25.8 Å². The molecule has 3 aromatic rings. The Bertz CT molecular complexity index is 674. The van der Waals surface area contributed by atoms with Crippen LogP contribution in [0.1, 0.15) is 0 Å². The van der Waals surface area contributed by atoms with Crippen molar-refractivity contribution >= 4 is 26.7 Å². The van der Waals surface area contributed by atoms with Crippen LogP contribution in [0.2, 0.25) is 0 Å². The quantitative estimate of drug-likeness (QED) is 0.630. The number of fused-ring (bicyclic) bond motifs is 1. The van der Waals surface area contributed by atoms with Crippen molar-refractivity contribution in [3.8, 4) is 11.3 Å². The fraction of sp³-hybridized carbons (Fsp3) is 0. The second kappa shape index (κ2) is 4.26. The van der Waals surface area contributed by atoms with E-state index in [1.807, 2.05) is 36.5 Å². The maximum atomic E-state index is 4.48. The Morgan fingerprint density at radius 2 is 1.82 bits per heavy atom. The Morgan fingerprint density at radius 3 is 2.71 bits per heavy atom. The van der Waals surface area contributed by atoms with Crippen LogP contribution in [0.5, 0.6) is 0 Å². The molecule has 0 amide bonds. The summed E-state index contributed by atoms with van der Waals surface area (Å²) in [5.41, 5.74) is 2.06. The number of aromatic nitrogens is 2. The standard InChI is InChI=1S/C14H9BrN2/c15-14-6-2-5-13(17-14)11-4-1-3-10-7-8-16-9-12(10)11/h1-9H. The van der Waals surface area contributed by atoms with Crippen molar-refractivity contribution in [2.45, 2.75) is 0 Å². The number of rotatable bonds is 1. The van der Waals surface area contributed by atoms with Crippen molar-refractivity contribution in [3.05, 3.63) is 59.5 Å². The van der Waals surface area contributed by atoms with Gasteiger partial charge >= 0.3 is 0 Å². The molecule has 0 fully saturated rings. The van der Waals surface area contributed by atoms with Crippen LogP contribution in [-0.2, 0) is 0 Å². The third kappa shape index (κ3) is 1.94. The smallest absolute Gasteiger partial charge is 0.106 e. The predicted molar refractivity (Wildman–Crippen MR) is 72.7 cm³/mol. The first kappa shape index (κ1) is 10.4. The lowest BCUT2D eigenvalue weighted by Gasteiger charge is -2.05. The second-order valence-corrected chi connectivity index (χ2v) is 4.56. The van der Waals surface area contributed by atoms with Gasteiger partial charge in [-0.25, -0.2) is 4.98 Å². The zero-order valence-corrected chi connectivity index (χ0v) is 10.6. The lowest BCUT2D eigenvalue weighted by atomic mass is 10.0. The van der Waals surface area contributed by atoms with Gasteiger partial charge in [-0.3, -0.25) is 4.98 Å². The fourth-order valence-electron chi connectivity index (χ4n) is 1.90. The van der Waals surface area contributed by atoms with E-state index in [9.17, 15) is 0 Å². The molecule has 0 aliphatic rings. The molecule has 0 bridgehead atoms. The van der Waals surface area contributed by atoms with Gasteiger partial charge in [0.1, 0.15) is 4.60 Å². The molecule has 0 radical (unpaired) electrons. The summed E-state index contributed by atoms with van der Waals surface area (Å²) in [5, 5.41) is 2.31. The maximum absolute atomic E-state index is 4.48. The zero-order chi connectivity index (χ0) is 11.7. The SMILES string of the molecule is Brc1cccc(-c2cccc3ccncc23)n1. The van der Waals surface area contributed by atoms with Crippen LogP contribution in [-0.4, -0.2) is 9.97 Å². The van der Waals surface area contributed by atoms with E-state index < -0.39 is 0 Å². The van der Waals surface area contributed by atoms with Gasteiger partial charge in [-0.05, 0) is 39.5 Å². The molecule has 82 valence electrons. The van der Waals surface area contributed by atoms with E-state index in [0.29, 0.717) is 0 Å². The molecule has 0 aliphatic carbocycles. The van der Waals surface area contributed by atoms with Crippen LogP contribution >= 0.6 is 15.9 Å². The minimum Gasteiger partial charge on any atom is -0.264 e. The summed E-state index contributed by atoms with van der Waals surface area (Å²) in [6, 6.07) is 14.1. The minimum atomic E-state index is 0.843. The maximum Gasteiger partial charge on any atom is 0.106 e. The molecule has 0 saturated carbocycles. The number of hydrogen-bond donors (Lipinski definition) is 0. The Kier molecular flexibility index (Phi) is 2.61. The van der Waals surface area contributed by atoms with E-state index in [-0.39, 0.29) is 0 Å². The van der Waals surface area contributed by atoms with Crippen molar-refractivity contribution in [2.75, 3.05) is 0 Å². The number of benzene rings is 1. The van der Waals surface area contributed by atoms with Crippen molar-refractivity contribution in [1.29, 1.82) is 0 Å². The summed E-state index contributed by atoms with van der Waals surface area (Å²) in [6.45, 7) is 0. The van der Waals surface area contributed by atoms with Gasteiger partial charge in [-0.15, -0.1) is 0 Å². The molecule has 0 atom stereocenters. The molecule has 0 spiro atoms. The number of hydrogen-bond acceptors (Lipinski definition) is 2. The molecular formula is C14H9BrN2. The van der Waals surface area contributed by atoms with Crippen molar-refractivity contribution in [3.63, 3.8) is 0 Å². The molecule has 17 heavy (non-hydrogen) atoms. The summed E-state index contributed by atoms with van der Waals surface area (Å²) in [5.74, 6) is 0. The lowest BCUT2D eigenvalue weighted by molar-refractivity contribution is 1.28. The van der Waals surface area contributed by atoms with Crippen LogP contribution in [0.3, 0.4) is 0 Å². The molecule has 2 aromatic heterocycles. The zero-order valence-electron chi connectivity index (χ0n) is 8.97. The molecule has 1 aromatic carbocycles. The number of halogens is 1. The summed E-state index contributed by atoms with van der Waals surface area (Å²) in [4.78, 5) is 8.66. The molecule has 0 aliphatic heterocycles. The fourth-order valence-corrected chi connectivity index (χ4v) is 2.24. The van der Waals surface area contributed by atoms with Gasteiger partial charge in [0.15, 0.2) is 0 Å². The largest absolute Gasteiger partial charge is 0.264 e. The van der Waals surface area contributed by atoms with Gasteiger partial charge in [0.25, 0.3) is 0 Å². The Hall–Kier alpha value is -1.74. The van der Waals surface area contributed by atoms with Crippen LogP contribution in [0.25, 0.3) is 22.0 Å². The third-order valence-corrected chi connectivity index (χ3v) is 3.12. The molecule has 3 heteroatoms. The van der Waals surface area contributed by atoms with E-state index >= 15 is 0 Å². The van der Waals surface area contributed by atoms with Crippen molar-refractivity contribution in [2.24, 2.45) is 0 Å². The van der Waals surface area contributed by atoms with Gasteiger partial charge in [0, 0.05) is 23.3 Å². The summed E-state index contributed by atoms with van der Waals surface area (Å²) >= 11 is 3.40. The van der Waals surface area contributed by atoms with E-state index in [0.717, 1.165) is 21.2 Å². The first-order chi connectivity index (χ1) is 8.34. The third-order valence-electron chi connectivity index (χ3n) is 2.67. The molecule has 3 rings (SSSR count). The first-order valence-corrected chi connectivity index (χ1v) is 6.09. The van der Waals surface area contributed by atoms with Crippen molar-refractivity contribution in [1.82, 2.24) is 9.97 Å². The van der Waals surface area contributed by atoms with E-state index in [1.165, 1.54) is 5.39 Å². The lowest BCUT2D eigenvalue weighted by Crippen LogP contribution is -1.86. The van der Waals surface area contributed by atoms with Crippen molar-refractivity contribution < 1.29 is 0 Å². The predicted octanol–water partition coefficient (Wildman–Crippen LogP) is 4.06. The minimum absolute atomic E-state index is 0.843. The van der Waals surface area contributed by atoms with Gasteiger partial charge in [0.05, 0.1) is 5.69 Å². The second-order valence-electron chi connectivity index (χ2n) is 3.75. The van der Waals surface area contributed by atoms with Crippen LogP contribution < -0.4 is 0 Å². The van der Waals surface area contributed by atoms with Gasteiger partial charge in [0.2, 0.25) is 0 Å². The Balaban J connectivity index is 2.30. The van der Waals surface area contributed by atoms with E-state index in [1.54, 1.807) is 6.20 Å². The van der Waals surface area contributed by atoms with Gasteiger partial charge in [-0.1, -0.05) is 24.3 Å². The first-order valence-electron chi connectivity index (χ1n) is 5.30. The van der Waals surface area contributed by atoms with Crippen LogP contribution in [0.15, 0.2) is 59.5 Å². The molecule has 0 N–H and O–H groups in total. The summed E-state index contributed by atoms with van der Waals surface area (Å²) in [6.07, 6.45) is 3.69. The Morgan fingerprint density at radius 1 is 0.941 bits per heavy atom. The number of nitrogens with zero attached hydrogens (tertiary/aromatic N) is 2. The molecular weight excluding hydrogens is 276 g/mol. The number of pyridine rings is 2. The van der Waals surface area contributed by atoms with E-state index in [4.69, 9.17) is 0 Å². The highest BCUT2D eigenvalue weighted by Crippen LogP contribution is 2.27. The summed E-state index contributed by atoms with van der Waals surface area (Å²) < 4.78 is 0.843.